The minimum Gasteiger partial charge on any atom is -0.381 e. The number of benzene rings is 1. The Balaban J connectivity index is 1.47. The lowest BCUT2D eigenvalue weighted by Crippen LogP contribution is -2.18. The maximum atomic E-state index is 12.0. The molecule has 0 aliphatic carbocycles. The molecule has 3 rings (SSSR count). The molecule has 1 amide bonds. The van der Waals surface area contributed by atoms with Crippen molar-refractivity contribution in [1.82, 2.24) is 4.98 Å². The van der Waals surface area contributed by atoms with Gasteiger partial charge in [-0.2, -0.15) is 0 Å². The van der Waals surface area contributed by atoms with E-state index in [1.165, 1.54) is 0 Å². The highest BCUT2D eigenvalue weighted by Crippen LogP contribution is 2.14. The largest absolute Gasteiger partial charge is 0.381 e. The Hall–Kier alpha value is -2.40. The first-order valence-electron chi connectivity index (χ1n) is 7.95. The van der Waals surface area contributed by atoms with Gasteiger partial charge in [-0.3, -0.25) is 4.79 Å². The number of aromatic nitrogens is 1. The third kappa shape index (κ3) is 4.79. The van der Waals surface area contributed by atoms with Crippen LogP contribution in [0.1, 0.15) is 18.4 Å². The van der Waals surface area contributed by atoms with E-state index in [0.717, 1.165) is 37.2 Å². The van der Waals surface area contributed by atoms with Crippen LogP contribution in [0, 0.1) is 0 Å². The molecule has 2 aromatic rings. The molecule has 0 bridgehead atoms. The van der Waals surface area contributed by atoms with E-state index in [-0.39, 0.29) is 5.91 Å². The Kier molecular flexibility index (Phi) is 5.21. The Morgan fingerprint density at radius 1 is 1.22 bits per heavy atom. The van der Waals surface area contributed by atoms with Crippen molar-refractivity contribution < 1.29 is 9.53 Å². The summed E-state index contributed by atoms with van der Waals surface area (Å²) in [4.78, 5) is 16.3. The quantitative estimate of drug-likeness (QED) is 0.861. The third-order valence-electron chi connectivity index (χ3n) is 3.80. The SMILES string of the molecule is O=C(Cc1ccccc1)Nc1ccc(NCC2CCCO2)cn1. The number of nitrogens with zero attached hydrogens (tertiary/aromatic N) is 1. The Morgan fingerprint density at radius 2 is 2.09 bits per heavy atom. The van der Waals surface area contributed by atoms with Gasteiger partial charge in [0, 0.05) is 13.2 Å². The van der Waals surface area contributed by atoms with Gasteiger partial charge in [0.1, 0.15) is 5.82 Å². The average Bonchev–Trinajstić information content (AvgIpc) is 3.08. The van der Waals surface area contributed by atoms with Crippen molar-refractivity contribution in [3.63, 3.8) is 0 Å². The third-order valence-corrected chi connectivity index (χ3v) is 3.80. The summed E-state index contributed by atoms with van der Waals surface area (Å²) in [5.41, 5.74) is 1.92. The molecule has 23 heavy (non-hydrogen) atoms. The maximum Gasteiger partial charge on any atom is 0.229 e. The summed E-state index contributed by atoms with van der Waals surface area (Å²) in [5.74, 6) is 0.498. The number of ether oxygens (including phenoxy) is 1. The van der Waals surface area contributed by atoms with Crippen LogP contribution in [0.25, 0.3) is 0 Å². The van der Waals surface area contributed by atoms with Crippen LogP contribution in [-0.2, 0) is 16.0 Å². The Labute approximate surface area is 136 Å². The zero-order valence-electron chi connectivity index (χ0n) is 13.0. The van der Waals surface area contributed by atoms with E-state index in [1.54, 1.807) is 12.3 Å². The minimum absolute atomic E-state index is 0.0660. The molecule has 1 fully saturated rings. The monoisotopic (exact) mass is 311 g/mol. The Bertz CT molecular complexity index is 622. The first kappa shape index (κ1) is 15.5. The van der Waals surface area contributed by atoms with Gasteiger partial charge in [-0.05, 0) is 30.5 Å². The summed E-state index contributed by atoms with van der Waals surface area (Å²) < 4.78 is 5.57. The summed E-state index contributed by atoms with van der Waals surface area (Å²) in [6, 6.07) is 13.4. The highest BCUT2D eigenvalue weighted by molar-refractivity contribution is 5.91. The minimum atomic E-state index is -0.0660. The van der Waals surface area contributed by atoms with E-state index in [0.29, 0.717) is 18.3 Å². The van der Waals surface area contributed by atoms with Crippen molar-refractivity contribution >= 4 is 17.4 Å². The molecule has 120 valence electrons. The number of hydrogen-bond acceptors (Lipinski definition) is 4. The molecule has 1 aliphatic rings. The van der Waals surface area contributed by atoms with Gasteiger partial charge in [0.15, 0.2) is 0 Å². The standard InChI is InChI=1S/C18H21N3O2/c22-18(11-14-5-2-1-3-6-14)21-17-9-8-15(12-20-17)19-13-16-7-4-10-23-16/h1-3,5-6,8-9,12,16,19H,4,7,10-11,13H2,(H,20,21,22). The number of carbonyl (C=O) groups excluding carboxylic acids is 1. The Morgan fingerprint density at radius 3 is 2.78 bits per heavy atom. The highest BCUT2D eigenvalue weighted by Gasteiger charge is 2.14. The van der Waals surface area contributed by atoms with Crippen molar-refractivity contribution in [1.29, 1.82) is 0 Å². The number of carbonyl (C=O) groups is 1. The molecule has 1 saturated heterocycles. The fourth-order valence-electron chi connectivity index (χ4n) is 2.58. The molecule has 0 saturated carbocycles. The summed E-state index contributed by atoms with van der Waals surface area (Å²) >= 11 is 0. The molecular weight excluding hydrogens is 290 g/mol. The maximum absolute atomic E-state index is 12.0. The van der Waals surface area contributed by atoms with Crippen molar-refractivity contribution in [2.45, 2.75) is 25.4 Å². The van der Waals surface area contributed by atoms with Crippen LogP contribution < -0.4 is 10.6 Å². The van der Waals surface area contributed by atoms with E-state index in [4.69, 9.17) is 4.74 Å². The molecule has 0 radical (unpaired) electrons. The number of pyridine rings is 1. The second kappa shape index (κ2) is 7.74. The van der Waals surface area contributed by atoms with Gasteiger partial charge >= 0.3 is 0 Å². The lowest BCUT2D eigenvalue weighted by molar-refractivity contribution is -0.115. The first-order valence-corrected chi connectivity index (χ1v) is 7.95. The van der Waals surface area contributed by atoms with Gasteiger partial charge in [-0.1, -0.05) is 30.3 Å². The smallest absolute Gasteiger partial charge is 0.229 e. The molecule has 5 nitrogen and oxygen atoms in total. The summed E-state index contributed by atoms with van der Waals surface area (Å²) in [6.07, 6.45) is 4.61. The highest BCUT2D eigenvalue weighted by atomic mass is 16.5. The lowest BCUT2D eigenvalue weighted by Gasteiger charge is -2.12. The van der Waals surface area contributed by atoms with Crippen molar-refractivity contribution in [2.24, 2.45) is 0 Å². The van der Waals surface area contributed by atoms with Crippen molar-refractivity contribution in [3.05, 3.63) is 54.2 Å². The predicted octanol–water partition coefficient (Wildman–Crippen LogP) is 2.85. The van der Waals surface area contributed by atoms with Crippen LogP contribution in [0.4, 0.5) is 11.5 Å². The average molecular weight is 311 g/mol. The zero-order valence-corrected chi connectivity index (χ0v) is 13.0. The molecular formula is C18H21N3O2. The van der Waals surface area contributed by atoms with Crippen LogP contribution in [0.3, 0.4) is 0 Å². The van der Waals surface area contributed by atoms with E-state index >= 15 is 0 Å². The zero-order chi connectivity index (χ0) is 15.9. The summed E-state index contributed by atoms with van der Waals surface area (Å²) in [5, 5.41) is 6.12. The summed E-state index contributed by atoms with van der Waals surface area (Å²) in [7, 11) is 0. The van der Waals surface area contributed by atoms with E-state index in [2.05, 4.69) is 15.6 Å². The molecule has 1 atom stereocenters. The molecule has 2 heterocycles. The molecule has 1 aromatic heterocycles. The summed E-state index contributed by atoms with van der Waals surface area (Å²) in [6.45, 7) is 1.65. The molecule has 1 aliphatic heterocycles. The van der Waals surface area contributed by atoms with Gasteiger partial charge in [-0.15, -0.1) is 0 Å². The van der Waals surface area contributed by atoms with Crippen LogP contribution in [0.2, 0.25) is 0 Å². The molecule has 5 heteroatoms. The van der Waals surface area contributed by atoms with Gasteiger partial charge < -0.3 is 15.4 Å². The van der Waals surface area contributed by atoms with E-state index < -0.39 is 0 Å². The normalized spacial score (nSPS) is 17.0. The second-order valence-electron chi connectivity index (χ2n) is 5.66. The van der Waals surface area contributed by atoms with Gasteiger partial charge in [-0.25, -0.2) is 4.98 Å². The van der Waals surface area contributed by atoms with E-state index in [9.17, 15) is 4.79 Å². The van der Waals surface area contributed by atoms with Crippen molar-refractivity contribution in [2.75, 3.05) is 23.8 Å². The molecule has 1 unspecified atom stereocenters. The van der Waals surface area contributed by atoms with Crippen molar-refractivity contribution in [3.8, 4) is 0 Å². The molecule has 0 spiro atoms. The topological polar surface area (TPSA) is 63.2 Å². The number of anilines is 2. The fraction of sp³-hybridized carbons (Fsp3) is 0.333. The van der Waals surface area contributed by atoms with Crippen LogP contribution in [-0.4, -0.2) is 30.1 Å². The van der Waals surface area contributed by atoms with E-state index in [1.807, 2.05) is 36.4 Å². The number of hydrogen-bond donors (Lipinski definition) is 2. The second-order valence-corrected chi connectivity index (χ2v) is 5.66. The van der Waals surface area contributed by atoms with Crippen LogP contribution in [0.15, 0.2) is 48.7 Å². The number of amides is 1. The van der Waals surface area contributed by atoms with Gasteiger partial charge in [0.2, 0.25) is 5.91 Å². The lowest BCUT2D eigenvalue weighted by atomic mass is 10.1. The molecule has 2 N–H and O–H groups in total. The number of rotatable bonds is 6. The van der Waals surface area contributed by atoms with Gasteiger partial charge in [0.25, 0.3) is 0 Å². The van der Waals surface area contributed by atoms with Crippen LogP contribution >= 0.6 is 0 Å². The van der Waals surface area contributed by atoms with Crippen LogP contribution in [0.5, 0.6) is 0 Å². The predicted molar refractivity (Wildman–Crippen MR) is 90.5 cm³/mol. The number of nitrogens with one attached hydrogen (secondary N) is 2. The van der Waals surface area contributed by atoms with Gasteiger partial charge in [0.05, 0.1) is 24.4 Å². The fourth-order valence-corrected chi connectivity index (χ4v) is 2.58. The first-order chi connectivity index (χ1) is 11.3. The molecule has 1 aromatic carbocycles.